The Balaban J connectivity index is 2.10. The Morgan fingerprint density at radius 1 is 0.569 bits per heavy atom. The lowest BCUT2D eigenvalue weighted by atomic mass is 9.94. The van der Waals surface area contributed by atoms with Gasteiger partial charge in [0.2, 0.25) is 0 Å². The largest absolute Gasteiger partial charge is 0.466 e. The summed E-state index contributed by atoms with van der Waals surface area (Å²) in [5.41, 5.74) is 0.224. The molecule has 0 unspecified atom stereocenters. The fraction of sp³-hybridized carbons (Fsp3) is 0.956. The molecule has 1 aliphatic carbocycles. The van der Waals surface area contributed by atoms with Crippen molar-refractivity contribution in [1.82, 2.24) is 4.90 Å². The number of hydrogen-bond acceptors (Lipinski definition) is 6. The molecular formula is C45H87NO5. The van der Waals surface area contributed by atoms with Crippen LogP contribution in [-0.4, -0.2) is 61.4 Å². The molecule has 1 fully saturated rings. The molecule has 1 aliphatic rings. The van der Waals surface area contributed by atoms with Crippen LogP contribution in [0.1, 0.15) is 226 Å². The number of carbonyl (C=O) groups is 2. The summed E-state index contributed by atoms with van der Waals surface area (Å²) in [6.07, 6.45) is 37.8. The maximum Gasteiger partial charge on any atom is 0.306 e. The second-order valence-electron chi connectivity index (χ2n) is 16.4. The van der Waals surface area contributed by atoms with Gasteiger partial charge in [0.25, 0.3) is 0 Å². The van der Waals surface area contributed by atoms with Crippen LogP contribution in [0.25, 0.3) is 0 Å². The standard InChI is InChI=1S/C45H87NO5/c1-4-7-10-13-14-20-28-39-50-44(49)40-45(33-34-45)32-25-21-27-36-46(37-38-47)35-26-19-15-18-24-31-43(48)51-41-42(29-22-16-11-8-5-2)30-23-17-12-9-6-3/h42,47H,4-41H2,1-3H3. The average Bonchev–Trinajstić information content (AvgIpc) is 3.89. The zero-order chi connectivity index (χ0) is 37.1. The smallest absolute Gasteiger partial charge is 0.306 e. The fourth-order valence-corrected chi connectivity index (χ4v) is 7.59. The highest BCUT2D eigenvalue weighted by atomic mass is 16.5. The minimum Gasteiger partial charge on any atom is -0.466 e. The Bertz CT molecular complexity index is 771. The van der Waals surface area contributed by atoms with Crippen LogP contribution in [0.5, 0.6) is 0 Å². The molecule has 0 saturated heterocycles. The van der Waals surface area contributed by atoms with Crippen molar-refractivity contribution >= 4 is 11.9 Å². The number of aliphatic hydroxyl groups is 1. The van der Waals surface area contributed by atoms with E-state index in [1.807, 2.05) is 0 Å². The van der Waals surface area contributed by atoms with Crippen molar-refractivity contribution in [2.75, 3.05) is 39.5 Å². The van der Waals surface area contributed by atoms with E-state index in [4.69, 9.17) is 9.47 Å². The lowest BCUT2D eigenvalue weighted by Crippen LogP contribution is -2.29. The molecule has 6 heteroatoms. The Morgan fingerprint density at radius 3 is 1.61 bits per heavy atom. The highest BCUT2D eigenvalue weighted by molar-refractivity contribution is 5.70. The monoisotopic (exact) mass is 722 g/mol. The highest BCUT2D eigenvalue weighted by Crippen LogP contribution is 2.53. The first-order valence-corrected chi connectivity index (χ1v) is 22.6. The average molecular weight is 722 g/mol. The van der Waals surface area contributed by atoms with Gasteiger partial charge in [0.05, 0.1) is 26.2 Å². The number of rotatable bonds is 40. The third kappa shape index (κ3) is 29.9. The summed E-state index contributed by atoms with van der Waals surface area (Å²) in [5.74, 6) is 0.551. The van der Waals surface area contributed by atoms with Gasteiger partial charge in [-0.15, -0.1) is 0 Å². The van der Waals surface area contributed by atoms with Gasteiger partial charge in [-0.25, -0.2) is 0 Å². The predicted molar refractivity (Wildman–Crippen MR) is 216 cm³/mol. The zero-order valence-corrected chi connectivity index (χ0v) is 34.5. The van der Waals surface area contributed by atoms with Crippen molar-refractivity contribution in [3.63, 3.8) is 0 Å². The summed E-state index contributed by atoms with van der Waals surface area (Å²) >= 11 is 0. The van der Waals surface area contributed by atoms with Gasteiger partial charge >= 0.3 is 11.9 Å². The van der Waals surface area contributed by atoms with Crippen LogP contribution in [0.15, 0.2) is 0 Å². The van der Waals surface area contributed by atoms with Crippen molar-refractivity contribution < 1.29 is 24.2 Å². The lowest BCUT2D eigenvalue weighted by molar-refractivity contribution is -0.146. The minimum atomic E-state index is -0.00238. The molecule has 0 radical (unpaired) electrons. The molecule has 0 bridgehead atoms. The van der Waals surface area contributed by atoms with Gasteiger partial charge in [-0.1, -0.05) is 156 Å². The summed E-state index contributed by atoms with van der Waals surface area (Å²) in [6, 6.07) is 0. The van der Waals surface area contributed by atoms with Crippen LogP contribution in [0, 0.1) is 11.3 Å². The van der Waals surface area contributed by atoms with E-state index in [1.54, 1.807) is 0 Å². The van der Waals surface area contributed by atoms with Crippen LogP contribution >= 0.6 is 0 Å². The minimum absolute atomic E-state index is 0.00238. The normalized spacial score (nSPS) is 13.7. The molecule has 6 nitrogen and oxygen atoms in total. The van der Waals surface area contributed by atoms with Crippen molar-refractivity contribution in [2.24, 2.45) is 11.3 Å². The van der Waals surface area contributed by atoms with E-state index in [0.29, 0.717) is 32.0 Å². The molecule has 1 rings (SSSR count). The fourth-order valence-electron chi connectivity index (χ4n) is 7.59. The summed E-state index contributed by atoms with van der Waals surface area (Å²) in [4.78, 5) is 27.3. The number of aliphatic hydroxyl groups excluding tert-OH is 1. The molecule has 0 aromatic heterocycles. The number of unbranched alkanes of at least 4 members (excludes halogenated alkanes) is 20. The molecule has 0 heterocycles. The van der Waals surface area contributed by atoms with E-state index in [0.717, 1.165) is 64.6 Å². The first-order valence-electron chi connectivity index (χ1n) is 22.6. The summed E-state index contributed by atoms with van der Waals surface area (Å²) in [5, 5.41) is 9.59. The molecule has 1 N–H and O–H groups in total. The summed E-state index contributed by atoms with van der Waals surface area (Å²) in [6.45, 7) is 11.0. The van der Waals surface area contributed by atoms with E-state index in [9.17, 15) is 14.7 Å². The second kappa shape index (κ2) is 34.6. The van der Waals surface area contributed by atoms with Gasteiger partial charge in [0.15, 0.2) is 0 Å². The van der Waals surface area contributed by atoms with Crippen LogP contribution in [0.4, 0.5) is 0 Å². The molecule has 0 amide bonds. The van der Waals surface area contributed by atoms with Gasteiger partial charge < -0.3 is 19.5 Å². The van der Waals surface area contributed by atoms with Crippen molar-refractivity contribution in [3.05, 3.63) is 0 Å². The Labute approximate surface area is 317 Å². The van der Waals surface area contributed by atoms with Crippen molar-refractivity contribution in [3.8, 4) is 0 Å². The number of ether oxygens (including phenoxy) is 2. The predicted octanol–water partition coefficient (Wildman–Crippen LogP) is 12.5. The van der Waals surface area contributed by atoms with Gasteiger partial charge in [-0.2, -0.15) is 0 Å². The third-order valence-corrected chi connectivity index (χ3v) is 11.4. The molecule has 1 saturated carbocycles. The molecule has 0 spiro atoms. The Morgan fingerprint density at radius 2 is 1.06 bits per heavy atom. The molecule has 0 atom stereocenters. The van der Waals surface area contributed by atoms with E-state index < -0.39 is 0 Å². The Hall–Kier alpha value is -1.14. The van der Waals surface area contributed by atoms with Crippen molar-refractivity contribution in [2.45, 2.75) is 226 Å². The highest BCUT2D eigenvalue weighted by Gasteiger charge is 2.43. The van der Waals surface area contributed by atoms with Crippen molar-refractivity contribution in [1.29, 1.82) is 0 Å². The van der Waals surface area contributed by atoms with E-state index >= 15 is 0 Å². The maximum absolute atomic E-state index is 12.5. The molecular weight excluding hydrogens is 634 g/mol. The molecule has 302 valence electrons. The first-order chi connectivity index (χ1) is 25.0. The summed E-state index contributed by atoms with van der Waals surface area (Å²) < 4.78 is 11.4. The first kappa shape index (κ1) is 47.9. The van der Waals surface area contributed by atoms with Crippen LogP contribution in [0.2, 0.25) is 0 Å². The number of hydrogen-bond donors (Lipinski definition) is 1. The molecule has 0 aromatic rings. The molecule has 0 aliphatic heterocycles. The van der Waals surface area contributed by atoms with Crippen LogP contribution < -0.4 is 0 Å². The molecule has 51 heavy (non-hydrogen) atoms. The maximum atomic E-state index is 12.5. The number of carbonyl (C=O) groups excluding carboxylic acids is 2. The van der Waals surface area contributed by atoms with E-state index in [-0.39, 0.29) is 24.0 Å². The second-order valence-corrected chi connectivity index (χ2v) is 16.4. The van der Waals surface area contributed by atoms with Crippen LogP contribution in [0.3, 0.4) is 0 Å². The van der Waals surface area contributed by atoms with Crippen LogP contribution in [-0.2, 0) is 19.1 Å². The summed E-state index contributed by atoms with van der Waals surface area (Å²) in [7, 11) is 0. The van der Waals surface area contributed by atoms with E-state index in [1.165, 1.54) is 148 Å². The zero-order valence-electron chi connectivity index (χ0n) is 34.5. The SMILES string of the molecule is CCCCCCCCCOC(=O)CC1(CCCCCN(CCO)CCCCCCCC(=O)OCC(CCCCCCC)CCCCCCC)CC1. The van der Waals surface area contributed by atoms with Gasteiger partial charge in [-0.3, -0.25) is 9.59 Å². The number of esters is 2. The number of nitrogens with zero attached hydrogens (tertiary/aromatic N) is 1. The van der Waals surface area contributed by atoms with E-state index in [2.05, 4.69) is 25.7 Å². The van der Waals surface area contributed by atoms with Gasteiger partial charge in [0.1, 0.15) is 0 Å². The molecule has 0 aromatic carbocycles. The van der Waals surface area contributed by atoms with Gasteiger partial charge in [-0.05, 0) is 82.2 Å². The Kier molecular flexibility index (Phi) is 32.5. The third-order valence-electron chi connectivity index (χ3n) is 11.4. The van der Waals surface area contributed by atoms with Gasteiger partial charge in [0, 0.05) is 13.0 Å². The lowest BCUT2D eigenvalue weighted by Gasteiger charge is -2.21. The topological polar surface area (TPSA) is 76.1 Å². The quantitative estimate of drug-likeness (QED) is 0.0501.